The molecule has 2 aromatic rings. The molecule has 0 saturated carbocycles. The Morgan fingerprint density at radius 1 is 1.14 bits per heavy atom. The van der Waals surface area contributed by atoms with Gasteiger partial charge in [-0.05, 0) is 62.2 Å². The fourth-order valence-corrected chi connectivity index (χ4v) is 1.86. The predicted molar refractivity (Wildman–Crippen MR) is 81.0 cm³/mol. The van der Waals surface area contributed by atoms with Gasteiger partial charge in [-0.3, -0.25) is 4.79 Å². The second-order valence-corrected chi connectivity index (χ2v) is 5.03. The van der Waals surface area contributed by atoms with Crippen LogP contribution in [-0.4, -0.2) is 12.0 Å². The van der Waals surface area contributed by atoms with Crippen molar-refractivity contribution in [1.82, 2.24) is 0 Å². The molecule has 0 bridgehead atoms. The van der Waals surface area contributed by atoms with Gasteiger partial charge < -0.3 is 10.1 Å². The van der Waals surface area contributed by atoms with E-state index in [0.717, 1.165) is 11.1 Å². The van der Waals surface area contributed by atoms with E-state index >= 15 is 0 Å². The second kappa shape index (κ2) is 6.39. The first-order valence-electron chi connectivity index (χ1n) is 6.76. The smallest absolute Gasteiger partial charge is 0.265 e. The highest BCUT2D eigenvalue weighted by Crippen LogP contribution is 2.21. The van der Waals surface area contributed by atoms with Gasteiger partial charge in [-0.15, -0.1) is 0 Å². The molecule has 1 unspecified atom stereocenters. The van der Waals surface area contributed by atoms with Crippen molar-refractivity contribution >= 4 is 11.6 Å². The number of halogens is 1. The van der Waals surface area contributed by atoms with Crippen molar-refractivity contribution in [2.45, 2.75) is 26.9 Å². The van der Waals surface area contributed by atoms with E-state index in [1.807, 2.05) is 32.0 Å². The van der Waals surface area contributed by atoms with Gasteiger partial charge in [-0.25, -0.2) is 4.39 Å². The molecule has 0 aliphatic rings. The molecule has 1 amide bonds. The monoisotopic (exact) mass is 287 g/mol. The first kappa shape index (κ1) is 15.0. The van der Waals surface area contributed by atoms with E-state index in [0.29, 0.717) is 11.4 Å². The highest BCUT2D eigenvalue weighted by molar-refractivity contribution is 5.94. The van der Waals surface area contributed by atoms with Crippen LogP contribution >= 0.6 is 0 Å². The first-order valence-corrected chi connectivity index (χ1v) is 6.76. The van der Waals surface area contributed by atoms with Crippen LogP contribution in [0.25, 0.3) is 0 Å². The lowest BCUT2D eigenvalue weighted by atomic mass is 10.1. The number of ether oxygens (including phenoxy) is 1. The fourth-order valence-electron chi connectivity index (χ4n) is 1.86. The van der Waals surface area contributed by atoms with Gasteiger partial charge in [-0.1, -0.05) is 12.1 Å². The Balaban J connectivity index is 2.02. The van der Waals surface area contributed by atoms with Crippen molar-refractivity contribution in [3.8, 4) is 5.75 Å². The van der Waals surface area contributed by atoms with Crippen LogP contribution in [0.5, 0.6) is 5.75 Å². The number of hydrogen-bond donors (Lipinski definition) is 1. The molecule has 0 fully saturated rings. The Morgan fingerprint density at radius 2 is 1.81 bits per heavy atom. The zero-order chi connectivity index (χ0) is 15.4. The summed E-state index contributed by atoms with van der Waals surface area (Å²) in [6.45, 7) is 5.58. The maximum absolute atomic E-state index is 12.8. The van der Waals surface area contributed by atoms with Crippen molar-refractivity contribution in [3.05, 3.63) is 59.4 Å². The molecule has 0 aliphatic heterocycles. The third-order valence-corrected chi connectivity index (χ3v) is 3.13. The van der Waals surface area contributed by atoms with Crippen LogP contribution in [0.1, 0.15) is 18.1 Å². The summed E-state index contributed by atoms with van der Waals surface area (Å²) in [5.74, 6) is 0.0759. The number of aryl methyl sites for hydroxylation is 2. The van der Waals surface area contributed by atoms with Crippen LogP contribution in [-0.2, 0) is 4.79 Å². The third kappa shape index (κ3) is 4.05. The van der Waals surface area contributed by atoms with Crippen molar-refractivity contribution in [2.75, 3.05) is 5.32 Å². The van der Waals surface area contributed by atoms with E-state index in [9.17, 15) is 9.18 Å². The predicted octanol–water partition coefficient (Wildman–Crippen LogP) is 3.85. The minimum atomic E-state index is -0.643. The molecule has 2 rings (SSSR count). The Morgan fingerprint density at radius 3 is 2.48 bits per heavy atom. The van der Waals surface area contributed by atoms with Gasteiger partial charge in [0.25, 0.3) is 5.91 Å². The number of nitrogens with one attached hydrogen (secondary N) is 1. The van der Waals surface area contributed by atoms with E-state index in [-0.39, 0.29) is 11.7 Å². The SMILES string of the molecule is Cc1ccc(C)c(OC(C)C(=O)Nc2ccc(F)cc2)c1. The van der Waals surface area contributed by atoms with Gasteiger partial charge in [0.05, 0.1) is 0 Å². The van der Waals surface area contributed by atoms with E-state index < -0.39 is 6.10 Å². The number of carbonyl (C=O) groups is 1. The quantitative estimate of drug-likeness (QED) is 0.927. The minimum Gasteiger partial charge on any atom is -0.481 e. The van der Waals surface area contributed by atoms with Crippen LogP contribution in [0, 0.1) is 19.7 Å². The summed E-state index contributed by atoms with van der Waals surface area (Å²) >= 11 is 0. The van der Waals surface area contributed by atoms with Crippen LogP contribution in [0.2, 0.25) is 0 Å². The molecule has 0 heterocycles. The third-order valence-electron chi connectivity index (χ3n) is 3.13. The Labute approximate surface area is 123 Å². The van der Waals surface area contributed by atoms with E-state index in [1.165, 1.54) is 24.3 Å². The van der Waals surface area contributed by atoms with Gasteiger partial charge in [0, 0.05) is 5.69 Å². The molecule has 0 aliphatic carbocycles. The summed E-state index contributed by atoms with van der Waals surface area (Å²) in [4.78, 5) is 12.1. The average Bonchev–Trinajstić information content (AvgIpc) is 2.45. The Hall–Kier alpha value is -2.36. The first-order chi connectivity index (χ1) is 9.95. The van der Waals surface area contributed by atoms with Crippen molar-refractivity contribution in [3.63, 3.8) is 0 Å². The highest BCUT2D eigenvalue weighted by atomic mass is 19.1. The molecule has 3 nitrogen and oxygen atoms in total. The molecular weight excluding hydrogens is 269 g/mol. The lowest BCUT2D eigenvalue weighted by Crippen LogP contribution is -2.30. The number of carbonyl (C=O) groups excluding carboxylic acids is 1. The molecule has 1 N–H and O–H groups in total. The van der Waals surface area contributed by atoms with Crippen molar-refractivity contribution < 1.29 is 13.9 Å². The molecule has 110 valence electrons. The standard InChI is InChI=1S/C17H18FNO2/c1-11-4-5-12(2)16(10-11)21-13(3)17(20)19-15-8-6-14(18)7-9-15/h4-10,13H,1-3H3,(H,19,20). The molecule has 0 spiro atoms. The Kier molecular flexibility index (Phi) is 4.58. The summed E-state index contributed by atoms with van der Waals surface area (Å²) in [5, 5.41) is 2.69. The van der Waals surface area contributed by atoms with Gasteiger partial charge in [-0.2, -0.15) is 0 Å². The average molecular weight is 287 g/mol. The molecule has 4 heteroatoms. The molecule has 2 aromatic carbocycles. The maximum Gasteiger partial charge on any atom is 0.265 e. The molecule has 0 aromatic heterocycles. The fraction of sp³-hybridized carbons (Fsp3) is 0.235. The van der Waals surface area contributed by atoms with Crippen LogP contribution < -0.4 is 10.1 Å². The zero-order valence-corrected chi connectivity index (χ0v) is 12.3. The zero-order valence-electron chi connectivity index (χ0n) is 12.3. The topological polar surface area (TPSA) is 38.3 Å². The van der Waals surface area contributed by atoms with Crippen molar-refractivity contribution in [2.24, 2.45) is 0 Å². The number of hydrogen-bond acceptors (Lipinski definition) is 2. The van der Waals surface area contributed by atoms with E-state index in [2.05, 4.69) is 5.32 Å². The second-order valence-electron chi connectivity index (χ2n) is 5.03. The number of amides is 1. The van der Waals surface area contributed by atoms with Crippen LogP contribution in [0.4, 0.5) is 10.1 Å². The van der Waals surface area contributed by atoms with E-state index in [4.69, 9.17) is 4.74 Å². The molecule has 0 saturated heterocycles. The van der Waals surface area contributed by atoms with E-state index in [1.54, 1.807) is 6.92 Å². The number of benzene rings is 2. The molecular formula is C17H18FNO2. The summed E-state index contributed by atoms with van der Waals surface area (Å²) < 4.78 is 18.5. The summed E-state index contributed by atoms with van der Waals surface area (Å²) in [6, 6.07) is 11.5. The maximum atomic E-state index is 12.8. The number of rotatable bonds is 4. The lowest BCUT2D eigenvalue weighted by molar-refractivity contribution is -0.122. The molecule has 21 heavy (non-hydrogen) atoms. The largest absolute Gasteiger partial charge is 0.481 e. The molecule has 0 radical (unpaired) electrons. The normalized spacial score (nSPS) is 11.8. The van der Waals surface area contributed by atoms with Gasteiger partial charge in [0.15, 0.2) is 6.10 Å². The van der Waals surface area contributed by atoms with Gasteiger partial charge >= 0.3 is 0 Å². The van der Waals surface area contributed by atoms with Crippen LogP contribution in [0.15, 0.2) is 42.5 Å². The van der Waals surface area contributed by atoms with Gasteiger partial charge in [0.1, 0.15) is 11.6 Å². The van der Waals surface area contributed by atoms with Crippen molar-refractivity contribution in [1.29, 1.82) is 0 Å². The minimum absolute atomic E-state index is 0.275. The van der Waals surface area contributed by atoms with Gasteiger partial charge in [0.2, 0.25) is 0 Å². The summed E-state index contributed by atoms with van der Waals surface area (Å²) in [6.07, 6.45) is -0.643. The van der Waals surface area contributed by atoms with Crippen LogP contribution in [0.3, 0.4) is 0 Å². The number of anilines is 1. The highest BCUT2D eigenvalue weighted by Gasteiger charge is 2.16. The summed E-state index contributed by atoms with van der Waals surface area (Å²) in [5.41, 5.74) is 2.58. The molecule has 1 atom stereocenters. The summed E-state index contributed by atoms with van der Waals surface area (Å²) in [7, 11) is 0. The lowest BCUT2D eigenvalue weighted by Gasteiger charge is -2.16. The Bertz CT molecular complexity index is 638.